The van der Waals surface area contributed by atoms with Crippen molar-refractivity contribution in [3.05, 3.63) is 36.2 Å². The van der Waals surface area contributed by atoms with E-state index in [0.29, 0.717) is 17.1 Å². The Labute approximate surface area is 104 Å². The Morgan fingerprint density at radius 2 is 2.33 bits per heavy atom. The molecule has 0 aliphatic carbocycles. The summed E-state index contributed by atoms with van der Waals surface area (Å²) in [5.41, 5.74) is 7.41. The van der Waals surface area contributed by atoms with E-state index in [4.69, 9.17) is 10.8 Å². The monoisotopic (exact) mass is 246 g/mol. The number of aryl methyl sites for hydroxylation is 1. The van der Waals surface area contributed by atoms with Crippen molar-refractivity contribution in [3.8, 4) is 0 Å². The summed E-state index contributed by atoms with van der Waals surface area (Å²) < 4.78 is 1.74. The standard InChI is InChI=1S/C12H14N4O2/c1-2-16-7-8(6-14-16)15-11-9(12(17)18)4-3-5-10(11)13/h3-7,15H,2,13H2,1H3,(H,17,18). The van der Waals surface area contributed by atoms with Gasteiger partial charge in [-0.1, -0.05) is 6.07 Å². The number of nitrogens with zero attached hydrogens (tertiary/aromatic N) is 2. The van der Waals surface area contributed by atoms with E-state index in [1.807, 2.05) is 6.92 Å². The van der Waals surface area contributed by atoms with E-state index in [1.165, 1.54) is 6.07 Å². The number of para-hydroxylation sites is 1. The Kier molecular flexibility index (Phi) is 3.18. The molecule has 0 saturated heterocycles. The quantitative estimate of drug-likeness (QED) is 0.717. The average Bonchev–Trinajstić information content (AvgIpc) is 2.79. The van der Waals surface area contributed by atoms with E-state index in [0.717, 1.165) is 6.54 Å². The minimum Gasteiger partial charge on any atom is -0.478 e. The molecule has 0 atom stereocenters. The van der Waals surface area contributed by atoms with Crippen LogP contribution in [0.15, 0.2) is 30.6 Å². The summed E-state index contributed by atoms with van der Waals surface area (Å²) in [7, 11) is 0. The molecule has 1 heterocycles. The molecule has 6 heteroatoms. The summed E-state index contributed by atoms with van der Waals surface area (Å²) in [5.74, 6) is -1.02. The van der Waals surface area contributed by atoms with Crippen LogP contribution >= 0.6 is 0 Å². The highest BCUT2D eigenvalue weighted by Crippen LogP contribution is 2.27. The zero-order valence-corrected chi connectivity index (χ0v) is 9.92. The molecule has 4 N–H and O–H groups in total. The molecule has 1 aromatic carbocycles. The van der Waals surface area contributed by atoms with Crippen LogP contribution in [-0.2, 0) is 6.54 Å². The first-order valence-corrected chi connectivity index (χ1v) is 5.53. The molecule has 6 nitrogen and oxygen atoms in total. The van der Waals surface area contributed by atoms with E-state index in [2.05, 4.69) is 10.4 Å². The predicted octanol–water partition coefficient (Wildman–Crippen LogP) is 1.93. The number of carbonyl (C=O) groups is 1. The van der Waals surface area contributed by atoms with Crippen molar-refractivity contribution in [3.63, 3.8) is 0 Å². The maximum atomic E-state index is 11.1. The number of carboxylic acid groups (broad SMARTS) is 1. The SMILES string of the molecule is CCn1cc(Nc2c(N)cccc2C(=O)O)cn1. The molecule has 0 spiro atoms. The second-order valence-corrected chi connectivity index (χ2v) is 3.78. The maximum Gasteiger partial charge on any atom is 0.337 e. The van der Waals surface area contributed by atoms with E-state index < -0.39 is 5.97 Å². The van der Waals surface area contributed by atoms with Crippen LogP contribution in [0.2, 0.25) is 0 Å². The molecular formula is C12H14N4O2. The number of anilines is 3. The average molecular weight is 246 g/mol. The third kappa shape index (κ3) is 2.27. The molecule has 0 fully saturated rings. The van der Waals surface area contributed by atoms with Crippen molar-refractivity contribution < 1.29 is 9.90 Å². The van der Waals surface area contributed by atoms with Crippen molar-refractivity contribution in [2.45, 2.75) is 13.5 Å². The van der Waals surface area contributed by atoms with E-state index in [9.17, 15) is 4.79 Å². The fourth-order valence-electron chi connectivity index (χ4n) is 1.63. The number of aromatic nitrogens is 2. The predicted molar refractivity (Wildman–Crippen MR) is 69.0 cm³/mol. The normalized spacial score (nSPS) is 10.3. The van der Waals surface area contributed by atoms with Gasteiger partial charge in [0.25, 0.3) is 0 Å². The number of benzene rings is 1. The lowest BCUT2D eigenvalue weighted by molar-refractivity contribution is 0.0698. The van der Waals surface area contributed by atoms with Crippen molar-refractivity contribution in [2.24, 2.45) is 0 Å². The number of nitrogens with one attached hydrogen (secondary N) is 1. The number of aromatic carboxylic acids is 1. The van der Waals surface area contributed by atoms with Gasteiger partial charge in [0, 0.05) is 12.7 Å². The lowest BCUT2D eigenvalue weighted by atomic mass is 10.1. The minimum atomic E-state index is -1.02. The highest BCUT2D eigenvalue weighted by molar-refractivity contribution is 5.98. The lowest BCUT2D eigenvalue weighted by Crippen LogP contribution is -2.05. The molecule has 0 aliphatic rings. The van der Waals surface area contributed by atoms with Crippen molar-refractivity contribution >= 4 is 23.0 Å². The number of rotatable bonds is 4. The fraction of sp³-hybridized carbons (Fsp3) is 0.167. The Balaban J connectivity index is 2.36. The smallest absolute Gasteiger partial charge is 0.337 e. The zero-order valence-electron chi connectivity index (χ0n) is 9.92. The molecule has 0 bridgehead atoms. The molecule has 2 rings (SSSR count). The van der Waals surface area contributed by atoms with Crippen LogP contribution in [0.3, 0.4) is 0 Å². The van der Waals surface area contributed by atoms with Gasteiger partial charge in [-0.05, 0) is 19.1 Å². The Hall–Kier alpha value is -2.50. The molecule has 0 unspecified atom stereocenters. The molecule has 94 valence electrons. The summed E-state index contributed by atoms with van der Waals surface area (Å²) >= 11 is 0. The van der Waals surface area contributed by atoms with E-state index in [-0.39, 0.29) is 5.56 Å². The summed E-state index contributed by atoms with van der Waals surface area (Å²) in [5, 5.41) is 16.2. The first-order chi connectivity index (χ1) is 8.61. The summed E-state index contributed by atoms with van der Waals surface area (Å²) in [6, 6.07) is 4.77. The third-order valence-corrected chi connectivity index (χ3v) is 2.55. The van der Waals surface area contributed by atoms with Gasteiger partial charge < -0.3 is 16.2 Å². The summed E-state index contributed by atoms with van der Waals surface area (Å²) in [6.45, 7) is 2.72. The zero-order chi connectivity index (χ0) is 13.1. The van der Waals surface area contributed by atoms with Gasteiger partial charge in [-0.25, -0.2) is 4.79 Å². The molecule has 1 aromatic heterocycles. The molecular weight excluding hydrogens is 232 g/mol. The molecule has 0 aliphatic heterocycles. The summed E-state index contributed by atoms with van der Waals surface area (Å²) in [4.78, 5) is 11.1. The second-order valence-electron chi connectivity index (χ2n) is 3.78. The fourth-order valence-corrected chi connectivity index (χ4v) is 1.63. The van der Waals surface area contributed by atoms with Gasteiger partial charge in [0.15, 0.2) is 0 Å². The molecule has 0 radical (unpaired) electrons. The Bertz CT molecular complexity index is 577. The van der Waals surface area contributed by atoms with Crippen LogP contribution in [0, 0.1) is 0 Å². The number of nitrogens with two attached hydrogens (primary N) is 1. The largest absolute Gasteiger partial charge is 0.478 e. The first-order valence-electron chi connectivity index (χ1n) is 5.53. The van der Waals surface area contributed by atoms with Crippen LogP contribution in [0.4, 0.5) is 17.1 Å². The van der Waals surface area contributed by atoms with Gasteiger partial charge in [-0.3, -0.25) is 4.68 Å². The summed E-state index contributed by atoms with van der Waals surface area (Å²) in [6.07, 6.45) is 3.42. The van der Waals surface area contributed by atoms with Gasteiger partial charge in [0.1, 0.15) is 0 Å². The van der Waals surface area contributed by atoms with Crippen molar-refractivity contribution in [1.82, 2.24) is 9.78 Å². The van der Waals surface area contributed by atoms with Gasteiger partial charge >= 0.3 is 5.97 Å². The van der Waals surface area contributed by atoms with Crippen LogP contribution < -0.4 is 11.1 Å². The maximum absolute atomic E-state index is 11.1. The third-order valence-electron chi connectivity index (χ3n) is 2.55. The van der Waals surface area contributed by atoms with Crippen LogP contribution in [0.5, 0.6) is 0 Å². The van der Waals surface area contributed by atoms with Gasteiger partial charge in [0.05, 0.1) is 28.8 Å². The van der Waals surface area contributed by atoms with Crippen LogP contribution in [0.1, 0.15) is 17.3 Å². The lowest BCUT2D eigenvalue weighted by Gasteiger charge is -2.10. The van der Waals surface area contributed by atoms with Crippen LogP contribution in [-0.4, -0.2) is 20.9 Å². The Morgan fingerprint density at radius 1 is 1.56 bits per heavy atom. The molecule has 2 aromatic rings. The Morgan fingerprint density at radius 3 is 2.94 bits per heavy atom. The number of nitrogen functional groups attached to an aromatic ring is 1. The topological polar surface area (TPSA) is 93.2 Å². The molecule has 0 saturated carbocycles. The van der Waals surface area contributed by atoms with E-state index in [1.54, 1.807) is 29.2 Å². The van der Waals surface area contributed by atoms with E-state index >= 15 is 0 Å². The number of carboxylic acids is 1. The minimum absolute atomic E-state index is 0.138. The number of hydrogen-bond acceptors (Lipinski definition) is 4. The van der Waals surface area contributed by atoms with Crippen LogP contribution in [0.25, 0.3) is 0 Å². The van der Waals surface area contributed by atoms with Gasteiger partial charge in [0.2, 0.25) is 0 Å². The van der Waals surface area contributed by atoms with Crippen molar-refractivity contribution in [2.75, 3.05) is 11.1 Å². The highest BCUT2D eigenvalue weighted by atomic mass is 16.4. The van der Waals surface area contributed by atoms with Gasteiger partial charge in [-0.2, -0.15) is 5.10 Å². The molecule has 0 amide bonds. The second kappa shape index (κ2) is 4.79. The first kappa shape index (κ1) is 12.0. The van der Waals surface area contributed by atoms with Gasteiger partial charge in [-0.15, -0.1) is 0 Å². The number of hydrogen-bond donors (Lipinski definition) is 3. The highest BCUT2D eigenvalue weighted by Gasteiger charge is 2.13. The molecule has 18 heavy (non-hydrogen) atoms. The van der Waals surface area contributed by atoms with Crippen molar-refractivity contribution in [1.29, 1.82) is 0 Å².